The number of aromatic hydroxyl groups is 1. The van der Waals surface area contributed by atoms with Crippen molar-refractivity contribution in [2.24, 2.45) is 11.7 Å². The lowest BCUT2D eigenvalue weighted by Gasteiger charge is -2.14. The van der Waals surface area contributed by atoms with Crippen LogP contribution < -0.4 is 5.73 Å². The number of likely N-dealkylation sites (tertiary alicyclic amines) is 1. The Bertz CT molecular complexity index is 644. The summed E-state index contributed by atoms with van der Waals surface area (Å²) >= 11 is 0. The van der Waals surface area contributed by atoms with Crippen molar-refractivity contribution >= 4 is 18.3 Å². The molecule has 1 fully saturated rings. The highest BCUT2D eigenvalue weighted by molar-refractivity contribution is 5.95. The third-order valence-corrected chi connectivity index (χ3v) is 3.82. The van der Waals surface area contributed by atoms with Crippen LogP contribution in [0, 0.1) is 5.92 Å². The molecule has 1 aromatic heterocycles. The fourth-order valence-corrected chi connectivity index (χ4v) is 2.59. The third-order valence-electron chi connectivity index (χ3n) is 3.82. The number of rotatable bonds is 3. The molecule has 7 heteroatoms. The van der Waals surface area contributed by atoms with Gasteiger partial charge in [0.15, 0.2) is 11.4 Å². The first kappa shape index (κ1) is 16.3. The van der Waals surface area contributed by atoms with E-state index >= 15 is 0 Å². The number of aromatic nitrogens is 2. The zero-order valence-electron chi connectivity index (χ0n) is 12.1. The Labute approximate surface area is 134 Å². The van der Waals surface area contributed by atoms with Crippen molar-refractivity contribution in [1.29, 1.82) is 0 Å². The lowest BCUT2D eigenvalue weighted by atomic mass is 10.1. The Kier molecular flexibility index (Phi) is 5.05. The molecule has 1 atom stereocenters. The van der Waals surface area contributed by atoms with Crippen molar-refractivity contribution in [3.63, 3.8) is 0 Å². The van der Waals surface area contributed by atoms with Gasteiger partial charge in [-0.05, 0) is 31.0 Å². The summed E-state index contributed by atoms with van der Waals surface area (Å²) in [6.07, 6.45) is 2.36. The summed E-state index contributed by atoms with van der Waals surface area (Å²) in [5.74, 6) is 0.00508. The Hall–Kier alpha value is -2.05. The monoisotopic (exact) mass is 322 g/mol. The molecular weight excluding hydrogens is 304 g/mol. The van der Waals surface area contributed by atoms with Crippen LogP contribution in [0.15, 0.2) is 36.5 Å². The van der Waals surface area contributed by atoms with Crippen molar-refractivity contribution < 1.29 is 9.90 Å². The SMILES string of the molecule is Cl.NCC1CCN(C(=O)c2nn(-c3ccccc3)cc2O)C1. The van der Waals surface area contributed by atoms with Crippen LogP contribution in [0.2, 0.25) is 0 Å². The van der Waals surface area contributed by atoms with E-state index < -0.39 is 0 Å². The molecule has 3 N–H and O–H groups in total. The summed E-state index contributed by atoms with van der Waals surface area (Å²) in [7, 11) is 0. The highest BCUT2D eigenvalue weighted by Crippen LogP contribution is 2.23. The van der Waals surface area contributed by atoms with Crippen LogP contribution in [0.1, 0.15) is 16.9 Å². The van der Waals surface area contributed by atoms with Gasteiger partial charge in [0.25, 0.3) is 5.91 Å². The summed E-state index contributed by atoms with van der Waals surface area (Å²) in [5.41, 5.74) is 6.53. The zero-order valence-corrected chi connectivity index (χ0v) is 12.9. The van der Waals surface area contributed by atoms with Crippen LogP contribution >= 0.6 is 12.4 Å². The van der Waals surface area contributed by atoms with Crippen LogP contribution in [0.5, 0.6) is 5.75 Å². The molecule has 1 aromatic carbocycles. The van der Waals surface area contributed by atoms with Gasteiger partial charge in [-0.25, -0.2) is 4.68 Å². The van der Waals surface area contributed by atoms with Gasteiger partial charge in [0, 0.05) is 13.1 Å². The van der Waals surface area contributed by atoms with E-state index in [0.29, 0.717) is 25.6 Å². The largest absolute Gasteiger partial charge is 0.504 e. The zero-order chi connectivity index (χ0) is 14.8. The third kappa shape index (κ3) is 3.08. The molecular formula is C15H19ClN4O2. The smallest absolute Gasteiger partial charge is 0.278 e. The van der Waals surface area contributed by atoms with Gasteiger partial charge in [0.2, 0.25) is 0 Å². The molecule has 0 spiro atoms. The van der Waals surface area contributed by atoms with Gasteiger partial charge in [0.1, 0.15) is 0 Å². The predicted octanol–water partition coefficient (Wildman–Crippen LogP) is 1.42. The van der Waals surface area contributed by atoms with Crippen molar-refractivity contribution in [3.05, 3.63) is 42.2 Å². The average Bonchev–Trinajstić information content (AvgIpc) is 3.14. The van der Waals surface area contributed by atoms with Crippen molar-refractivity contribution in [2.45, 2.75) is 6.42 Å². The minimum Gasteiger partial charge on any atom is -0.504 e. The summed E-state index contributed by atoms with van der Waals surface area (Å²) < 4.78 is 1.51. The Morgan fingerprint density at radius 1 is 1.36 bits per heavy atom. The lowest BCUT2D eigenvalue weighted by Crippen LogP contribution is -2.30. The van der Waals surface area contributed by atoms with E-state index in [-0.39, 0.29) is 29.8 Å². The van der Waals surface area contributed by atoms with Crippen LogP contribution in [0.25, 0.3) is 5.69 Å². The van der Waals surface area contributed by atoms with Gasteiger partial charge in [-0.2, -0.15) is 5.10 Å². The summed E-state index contributed by atoms with van der Waals surface area (Å²) in [6, 6.07) is 9.38. The van der Waals surface area contributed by atoms with E-state index in [9.17, 15) is 9.90 Å². The minimum absolute atomic E-state index is 0. The second-order valence-corrected chi connectivity index (χ2v) is 5.28. The Balaban J connectivity index is 0.00000176. The van der Waals surface area contributed by atoms with E-state index in [2.05, 4.69) is 5.10 Å². The Morgan fingerprint density at radius 2 is 2.09 bits per heavy atom. The molecule has 1 aliphatic heterocycles. The van der Waals surface area contributed by atoms with Gasteiger partial charge >= 0.3 is 0 Å². The number of halogens is 1. The molecule has 118 valence electrons. The van der Waals surface area contributed by atoms with Crippen LogP contribution in [0.4, 0.5) is 0 Å². The molecule has 1 unspecified atom stereocenters. The number of nitrogens with two attached hydrogens (primary N) is 1. The molecule has 0 aliphatic carbocycles. The number of benzene rings is 1. The average molecular weight is 323 g/mol. The molecule has 0 radical (unpaired) electrons. The molecule has 2 aromatic rings. The predicted molar refractivity (Wildman–Crippen MR) is 85.5 cm³/mol. The Morgan fingerprint density at radius 3 is 2.73 bits per heavy atom. The van der Waals surface area contributed by atoms with E-state index in [1.165, 1.54) is 10.9 Å². The van der Waals surface area contributed by atoms with E-state index in [4.69, 9.17) is 5.73 Å². The highest BCUT2D eigenvalue weighted by Gasteiger charge is 2.29. The fraction of sp³-hybridized carbons (Fsp3) is 0.333. The summed E-state index contributed by atoms with van der Waals surface area (Å²) in [6.45, 7) is 1.87. The van der Waals surface area contributed by atoms with E-state index in [1.807, 2.05) is 30.3 Å². The molecule has 0 saturated carbocycles. The number of amides is 1. The molecule has 0 bridgehead atoms. The number of hydrogen-bond donors (Lipinski definition) is 2. The van der Waals surface area contributed by atoms with Crippen molar-refractivity contribution in [2.75, 3.05) is 19.6 Å². The molecule has 1 aliphatic rings. The van der Waals surface area contributed by atoms with Crippen LogP contribution in [-0.4, -0.2) is 45.3 Å². The van der Waals surface area contributed by atoms with Crippen molar-refractivity contribution in [3.8, 4) is 11.4 Å². The van der Waals surface area contributed by atoms with E-state index in [0.717, 1.165) is 12.1 Å². The first-order valence-corrected chi connectivity index (χ1v) is 7.02. The van der Waals surface area contributed by atoms with Crippen LogP contribution in [0.3, 0.4) is 0 Å². The topological polar surface area (TPSA) is 84.4 Å². The molecule has 6 nitrogen and oxygen atoms in total. The second-order valence-electron chi connectivity index (χ2n) is 5.28. The normalized spacial score (nSPS) is 17.3. The number of para-hydroxylation sites is 1. The number of hydrogen-bond acceptors (Lipinski definition) is 4. The standard InChI is InChI=1S/C15H18N4O2.ClH/c16-8-11-6-7-18(9-11)15(21)14-13(20)10-19(17-14)12-4-2-1-3-5-12;/h1-5,10-11,20H,6-9,16H2;1H. The van der Waals surface area contributed by atoms with Gasteiger partial charge in [-0.1, -0.05) is 18.2 Å². The highest BCUT2D eigenvalue weighted by atomic mass is 35.5. The first-order chi connectivity index (χ1) is 10.2. The maximum Gasteiger partial charge on any atom is 0.278 e. The maximum atomic E-state index is 12.4. The molecule has 2 heterocycles. The van der Waals surface area contributed by atoms with Gasteiger partial charge in [-0.15, -0.1) is 12.4 Å². The first-order valence-electron chi connectivity index (χ1n) is 7.02. The van der Waals surface area contributed by atoms with Crippen LogP contribution in [-0.2, 0) is 0 Å². The van der Waals surface area contributed by atoms with E-state index in [1.54, 1.807) is 4.90 Å². The molecule has 1 amide bonds. The van der Waals surface area contributed by atoms with Gasteiger partial charge in [-0.3, -0.25) is 4.79 Å². The molecule has 22 heavy (non-hydrogen) atoms. The summed E-state index contributed by atoms with van der Waals surface area (Å²) in [4.78, 5) is 14.1. The number of carbonyl (C=O) groups is 1. The number of nitrogens with zero attached hydrogens (tertiary/aromatic N) is 3. The van der Waals surface area contributed by atoms with Gasteiger partial charge < -0.3 is 15.7 Å². The molecule has 1 saturated heterocycles. The fourth-order valence-electron chi connectivity index (χ4n) is 2.59. The lowest BCUT2D eigenvalue weighted by molar-refractivity contribution is 0.0778. The maximum absolute atomic E-state index is 12.4. The number of carbonyl (C=O) groups excluding carboxylic acids is 1. The van der Waals surface area contributed by atoms with Gasteiger partial charge in [0.05, 0.1) is 11.9 Å². The quantitative estimate of drug-likeness (QED) is 0.895. The minimum atomic E-state index is -0.238. The second kappa shape index (κ2) is 6.81. The molecule has 3 rings (SSSR count). The summed E-state index contributed by atoms with van der Waals surface area (Å²) in [5, 5.41) is 14.2. The van der Waals surface area contributed by atoms with Crippen molar-refractivity contribution in [1.82, 2.24) is 14.7 Å².